The number of benzene rings is 2. The van der Waals surface area contributed by atoms with E-state index in [-0.39, 0.29) is 18.1 Å². The van der Waals surface area contributed by atoms with E-state index in [1.807, 2.05) is 45.0 Å². The van der Waals surface area contributed by atoms with Gasteiger partial charge in [0.15, 0.2) is 11.5 Å². The number of halogens is 1. The van der Waals surface area contributed by atoms with Crippen LogP contribution >= 0.6 is 15.9 Å². The lowest BCUT2D eigenvalue weighted by Crippen LogP contribution is -2.34. The molecule has 2 aromatic rings. The molecule has 0 aliphatic rings. The predicted molar refractivity (Wildman–Crippen MR) is 104 cm³/mol. The number of methoxy groups -OCH3 is 1. The number of hydrogen-bond donors (Lipinski definition) is 1. The number of amides is 1. The lowest BCUT2D eigenvalue weighted by molar-refractivity contribution is 0.0939. The maximum Gasteiger partial charge on any atom is 0.251 e. The number of nitrogens with one attached hydrogen (secondary N) is 1. The van der Waals surface area contributed by atoms with Gasteiger partial charge in [-0.05, 0) is 63.1 Å². The van der Waals surface area contributed by atoms with E-state index in [1.54, 1.807) is 25.3 Å². The van der Waals surface area contributed by atoms with E-state index in [1.165, 1.54) is 5.56 Å². The molecule has 0 heterocycles. The topological polar surface area (TPSA) is 47.6 Å². The van der Waals surface area contributed by atoms with E-state index in [9.17, 15) is 4.79 Å². The Labute approximate surface area is 157 Å². The van der Waals surface area contributed by atoms with Gasteiger partial charge in [0.2, 0.25) is 0 Å². The van der Waals surface area contributed by atoms with E-state index >= 15 is 0 Å². The van der Waals surface area contributed by atoms with Gasteiger partial charge in [0.05, 0.1) is 13.2 Å². The van der Waals surface area contributed by atoms with Gasteiger partial charge in [0, 0.05) is 16.1 Å². The zero-order chi connectivity index (χ0) is 18.4. The van der Waals surface area contributed by atoms with Gasteiger partial charge in [-0.3, -0.25) is 4.79 Å². The molecule has 2 aromatic carbocycles. The highest BCUT2D eigenvalue weighted by atomic mass is 79.9. The number of rotatable bonds is 7. The number of carbonyl (C=O) groups is 1. The van der Waals surface area contributed by atoms with Crippen LogP contribution in [0.1, 0.15) is 36.7 Å². The summed E-state index contributed by atoms with van der Waals surface area (Å²) in [6.07, 6.45) is 0.810. The highest BCUT2D eigenvalue weighted by Gasteiger charge is 2.14. The molecule has 1 amide bonds. The van der Waals surface area contributed by atoms with Crippen LogP contribution in [0.3, 0.4) is 0 Å². The second-order valence-electron chi connectivity index (χ2n) is 6.24. The number of carbonyl (C=O) groups excluding carboxylic acids is 1. The Morgan fingerprint density at radius 1 is 1.08 bits per heavy atom. The van der Waals surface area contributed by atoms with Crippen molar-refractivity contribution in [2.75, 3.05) is 7.11 Å². The Balaban J connectivity index is 2.03. The summed E-state index contributed by atoms with van der Waals surface area (Å²) < 4.78 is 12.1. The van der Waals surface area contributed by atoms with Crippen LogP contribution in [0.4, 0.5) is 0 Å². The molecular formula is C20H24BrNO3. The quantitative estimate of drug-likeness (QED) is 0.731. The molecule has 4 nitrogen and oxygen atoms in total. The molecule has 0 fully saturated rings. The normalized spacial score (nSPS) is 11.9. The average molecular weight is 406 g/mol. The summed E-state index contributed by atoms with van der Waals surface area (Å²) in [5.74, 6) is 1.07. The molecule has 1 N–H and O–H groups in total. The summed E-state index contributed by atoms with van der Waals surface area (Å²) >= 11 is 3.42. The van der Waals surface area contributed by atoms with Crippen molar-refractivity contribution in [3.05, 3.63) is 58.1 Å². The molecule has 0 saturated heterocycles. The van der Waals surface area contributed by atoms with Gasteiger partial charge < -0.3 is 14.8 Å². The zero-order valence-electron chi connectivity index (χ0n) is 15.0. The van der Waals surface area contributed by atoms with Gasteiger partial charge in [0.25, 0.3) is 5.91 Å². The van der Waals surface area contributed by atoms with Gasteiger partial charge in [-0.15, -0.1) is 0 Å². The van der Waals surface area contributed by atoms with Crippen LogP contribution in [0.15, 0.2) is 46.9 Å². The summed E-state index contributed by atoms with van der Waals surface area (Å²) in [6.45, 7) is 5.89. The first kappa shape index (κ1) is 19.3. The van der Waals surface area contributed by atoms with Crippen molar-refractivity contribution in [1.29, 1.82) is 0 Å². The van der Waals surface area contributed by atoms with Crippen molar-refractivity contribution in [2.45, 2.75) is 39.3 Å². The van der Waals surface area contributed by atoms with E-state index in [0.29, 0.717) is 17.1 Å². The molecule has 1 atom stereocenters. The third kappa shape index (κ3) is 5.78. The number of hydrogen-bond acceptors (Lipinski definition) is 3. The van der Waals surface area contributed by atoms with Crippen molar-refractivity contribution in [2.24, 2.45) is 0 Å². The molecule has 134 valence electrons. The van der Waals surface area contributed by atoms with Crippen LogP contribution in [-0.2, 0) is 6.42 Å². The Hall–Kier alpha value is -2.01. The molecular weight excluding hydrogens is 382 g/mol. The standard InChI is InChI=1S/C20H24BrNO3/c1-13(2)25-18-10-7-16(12-19(18)24-4)20(23)22-14(3)11-15-5-8-17(21)9-6-15/h5-10,12-14H,11H2,1-4H3,(H,22,23). The Kier molecular flexibility index (Phi) is 6.88. The molecule has 0 spiro atoms. The number of ether oxygens (including phenoxy) is 2. The highest BCUT2D eigenvalue weighted by molar-refractivity contribution is 9.10. The van der Waals surface area contributed by atoms with Gasteiger partial charge in [-0.2, -0.15) is 0 Å². The minimum atomic E-state index is -0.126. The van der Waals surface area contributed by atoms with E-state index in [4.69, 9.17) is 9.47 Å². The molecule has 0 saturated carbocycles. The average Bonchev–Trinajstić information content (AvgIpc) is 2.56. The molecule has 25 heavy (non-hydrogen) atoms. The lowest BCUT2D eigenvalue weighted by Gasteiger charge is -2.16. The van der Waals surface area contributed by atoms with Crippen LogP contribution in [-0.4, -0.2) is 25.2 Å². The first-order valence-corrected chi connectivity index (χ1v) is 9.08. The van der Waals surface area contributed by atoms with Crippen molar-refractivity contribution in [3.63, 3.8) is 0 Å². The largest absolute Gasteiger partial charge is 0.493 e. The fourth-order valence-electron chi connectivity index (χ4n) is 2.49. The summed E-state index contributed by atoms with van der Waals surface area (Å²) in [4.78, 5) is 12.5. The van der Waals surface area contributed by atoms with E-state index in [2.05, 4.69) is 21.2 Å². The third-order valence-corrected chi connectivity index (χ3v) is 4.15. The second-order valence-corrected chi connectivity index (χ2v) is 7.15. The van der Waals surface area contributed by atoms with Crippen LogP contribution in [0, 0.1) is 0 Å². The minimum absolute atomic E-state index is 0.0197. The second kappa shape index (κ2) is 8.90. The highest BCUT2D eigenvalue weighted by Crippen LogP contribution is 2.29. The first-order chi connectivity index (χ1) is 11.9. The molecule has 0 radical (unpaired) electrons. The van der Waals surface area contributed by atoms with Gasteiger partial charge in [0.1, 0.15) is 0 Å². The third-order valence-electron chi connectivity index (χ3n) is 3.62. The van der Waals surface area contributed by atoms with Crippen molar-refractivity contribution < 1.29 is 14.3 Å². The smallest absolute Gasteiger partial charge is 0.251 e. The molecule has 5 heteroatoms. The Morgan fingerprint density at radius 3 is 2.36 bits per heavy atom. The van der Waals surface area contributed by atoms with E-state index in [0.717, 1.165) is 10.9 Å². The van der Waals surface area contributed by atoms with E-state index < -0.39 is 0 Å². The van der Waals surface area contributed by atoms with Crippen molar-refractivity contribution in [1.82, 2.24) is 5.32 Å². The SMILES string of the molecule is COc1cc(C(=O)NC(C)Cc2ccc(Br)cc2)ccc1OC(C)C. The van der Waals surface area contributed by atoms with Gasteiger partial charge >= 0.3 is 0 Å². The fourth-order valence-corrected chi connectivity index (χ4v) is 2.76. The summed E-state index contributed by atoms with van der Waals surface area (Å²) in [5.41, 5.74) is 1.73. The zero-order valence-corrected chi connectivity index (χ0v) is 16.6. The Morgan fingerprint density at radius 2 is 1.76 bits per heavy atom. The maximum absolute atomic E-state index is 12.5. The molecule has 2 rings (SSSR count). The van der Waals surface area contributed by atoms with Crippen LogP contribution < -0.4 is 14.8 Å². The van der Waals surface area contributed by atoms with Crippen LogP contribution in [0.2, 0.25) is 0 Å². The first-order valence-electron chi connectivity index (χ1n) is 8.29. The molecule has 0 aromatic heterocycles. The van der Waals surface area contributed by atoms with Gasteiger partial charge in [-0.1, -0.05) is 28.1 Å². The van der Waals surface area contributed by atoms with Gasteiger partial charge in [-0.25, -0.2) is 0 Å². The monoisotopic (exact) mass is 405 g/mol. The van der Waals surface area contributed by atoms with Crippen LogP contribution in [0.25, 0.3) is 0 Å². The molecule has 1 unspecified atom stereocenters. The molecule has 0 bridgehead atoms. The molecule has 0 aliphatic carbocycles. The van der Waals surface area contributed by atoms with Crippen molar-refractivity contribution in [3.8, 4) is 11.5 Å². The van der Waals surface area contributed by atoms with Crippen LogP contribution in [0.5, 0.6) is 11.5 Å². The lowest BCUT2D eigenvalue weighted by atomic mass is 10.1. The molecule has 0 aliphatic heterocycles. The fraction of sp³-hybridized carbons (Fsp3) is 0.350. The summed E-state index contributed by atoms with van der Waals surface area (Å²) in [5, 5.41) is 3.02. The predicted octanol–water partition coefficient (Wildman–Crippen LogP) is 4.61. The Bertz CT molecular complexity index is 713. The van der Waals surface area contributed by atoms with Crippen molar-refractivity contribution >= 4 is 21.8 Å². The maximum atomic E-state index is 12.5. The summed E-state index contributed by atoms with van der Waals surface area (Å²) in [6, 6.07) is 13.4. The minimum Gasteiger partial charge on any atom is -0.493 e. The summed E-state index contributed by atoms with van der Waals surface area (Å²) in [7, 11) is 1.57.